The summed E-state index contributed by atoms with van der Waals surface area (Å²) in [5.74, 6) is -1.08. The third kappa shape index (κ3) is 5.79. The van der Waals surface area contributed by atoms with Crippen molar-refractivity contribution in [3.05, 3.63) is 70.5 Å². The number of nitrogens with one attached hydrogen (secondary N) is 1. The number of carbonyl (C=O) groups is 2. The maximum atomic E-state index is 13.1. The van der Waals surface area contributed by atoms with E-state index in [2.05, 4.69) is 5.32 Å². The first-order valence-corrected chi connectivity index (χ1v) is 9.29. The van der Waals surface area contributed by atoms with E-state index in [1.165, 1.54) is 24.3 Å². The Bertz CT molecular complexity index is 793. The monoisotopic (exact) mass is 390 g/mol. The van der Waals surface area contributed by atoms with Gasteiger partial charge < -0.3 is 10.2 Å². The molecule has 2 rings (SSSR count). The zero-order valence-corrected chi connectivity index (χ0v) is 16.5. The first-order chi connectivity index (χ1) is 12.8. The highest BCUT2D eigenvalue weighted by Crippen LogP contribution is 2.15. The molecule has 4 nitrogen and oxygen atoms in total. The standard InChI is InChI=1S/C21H24ClFN2O2/c1-4-25(13-15-6-5-7-17(22)12-15)21(27)19(14(2)3)24-20(26)16-8-10-18(23)11-9-16/h5-12,14,19H,4,13H2,1-3H3,(H,24,26). The van der Waals surface area contributed by atoms with E-state index in [1.54, 1.807) is 11.0 Å². The highest BCUT2D eigenvalue weighted by Gasteiger charge is 2.28. The molecule has 2 aromatic rings. The number of benzene rings is 2. The van der Waals surface area contributed by atoms with Crippen molar-refractivity contribution in [2.24, 2.45) is 5.92 Å². The van der Waals surface area contributed by atoms with Gasteiger partial charge in [0, 0.05) is 23.7 Å². The predicted octanol–water partition coefficient (Wildman–Crippen LogP) is 4.28. The summed E-state index contributed by atoms with van der Waals surface area (Å²) in [5.41, 5.74) is 1.23. The molecule has 0 aliphatic carbocycles. The molecule has 2 amide bonds. The molecule has 1 N–H and O–H groups in total. The number of carbonyl (C=O) groups excluding carboxylic acids is 2. The van der Waals surface area contributed by atoms with E-state index in [-0.39, 0.29) is 11.8 Å². The van der Waals surface area contributed by atoms with Gasteiger partial charge in [0.1, 0.15) is 11.9 Å². The third-order valence-electron chi connectivity index (χ3n) is 4.28. The molecule has 0 bridgehead atoms. The second-order valence-corrected chi connectivity index (χ2v) is 7.12. The summed E-state index contributed by atoms with van der Waals surface area (Å²) in [4.78, 5) is 27.2. The minimum atomic E-state index is -0.679. The van der Waals surface area contributed by atoms with Crippen molar-refractivity contribution in [1.29, 1.82) is 0 Å². The first kappa shape index (κ1) is 20.9. The second kappa shape index (κ2) is 9.51. The Morgan fingerprint density at radius 3 is 2.37 bits per heavy atom. The molecule has 2 aromatic carbocycles. The summed E-state index contributed by atoms with van der Waals surface area (Å²) >= 11 is 6.02. The molecule has 6 heteroatoms. The summed E-state index contributed by atoms with van der Waals surface area (Å²) in [5, 5.41) is 3.40. The molecule has 0 aliphatic heterocycles. The number of likely N-dealkylation sites (N-methyl/N-ethyl adjacent to an activating group) is 1. The van der Waals surface area contributed by atoms with E-state index in [0.29, 0.717) is 23.7 Å². The van der Waals surface area contributed by atoms with Crippen LogP contribution in [0.2, 0.25) is 5.02 Å². The van der Waals surface area contributed by atoms with E-state index in [4.69, 9.17) is 11.6 Å². The summed E-state index contributed by atoms with van der Waals surface area (Å²) < 4.78 is 13.1. The van der Waals surface area contributed by atoms with Crippen LogP contribution in [0.25, 0.3) is 0 Å². The fourth-order valence-electron chi connectivity index (χ4n) is 2.74. The smallest absolute Gasteiger partial charge is 0.251 e. The molecule has 1 unspecified atom stereocenters. The molecule has 0 aliphatic rings. The van der Waals surface area contributed by atoms with Gasteiger partial charge in [-0.25, -0.2) is 4.39 Å². The van der Waals surface area contributed by atoms with Crippen LogP contribution in [0, 0.1) is 11.7 Å². The topological polar surface area (TPSA) is 49.4 Å². The largest absolute Gasteiger partial charge is 0.340 e. The first-order valence-electron chi connectivity index (χ1n) is 8.91. The van der Waals surface area contributed by atoms with Crippen molar-refractivity contribution in [3.63, 3.8) is 0 Å². The van der Waals surface area contributed by atoms with Crippen molar-refractivity contribution in [2.75, 3.05) is 6.54 Å². The van der Waals surface area contributed by atoms with Gasteiger partial charge in [-0.05, 0) is 54.8 Å². The maximum absolute atomic E-state index is 13.1. The van der Waals surface area contributed by atoms with Crippen LogP contribution in [0.15, 0.2) is 48.5 Å². The summed E-state index contributed by atoms with van der Waals surface area (Å²) in [6.07, 6.45) is 0. The molecule has 0 radical (unpaired) electrons. The van der Waals surface area contributed by atoms with Gasteiger partial charge in [-0.15, -0.1) is 0 Å². The Hall–Kier alpha value is -2.40. The van der Waals surface area contributed by atoms with E-state index < -0.39 is 17.8 Å². The number of hydrogen-bond donors (Lipinski definition) is 1. The Morgan fingerprint density at radius 2 is 1.81 bits per heavy atom. The van der Waals surface area contributed by atoms with Crippen molar-refractivity contribution < 1.29 is 14.0 Å². The quantitative estimate of drug-likeness (QED) is 0.767. The Morgan fingerprint density at radius 1 is 1.15 bits per heavy atom. The SMILES string of the molecule is CCN(Cc1cccc(Cl)c1)C(=O)C(NC(=O)c1ccc(F)cc1)C(C)C. The summed E-state index contributed by atoms with van der Waals surface area (Å²) in [7, 11) is 0. The van der Waals surface area contributed by atoms with Gasteiger partial charge in [0.25, 0.3) is 5.91 Å². The van der Waals surface area contributed by atoms with E-state index in [0.717, 1.165) is 5.56 Å². The van der Waals surface area contributed by atoms with Crippen molar-refractivity contribution in [1.82, 2.24) is 10.2 Å². The molecule has 0 aromatic heterocycles. The van der Waals surface area contributed by atoms with E-state index in [1.807, 2.05) is 39.0 Å². The fraction of sp³-hybridized carbons (Fsp3) is 0.333. The van der Waals surface area contributed by atoms with Crippen LogP contribution in [-0.4, -0.2) is 29.3 Å². The third-order valence-corrected chi connectivity index (χ3v) is 4.52. The minimum absolute atomic E-state index is 0.102. The van der Waals surface area contributed by atoms with Crippen LogP contribution in [0.3, 0.4) is 0 Å². The van der Waals surface area contributed by atoms with E-state index in [9.17, 15) is 14.0 Å². The molecule has 144 valence electrons. The van der Waals surface area contributed by atoms with Crippen LogP contribution in [0.5, 0.6) is 0 Å². The fourth-order valence-corrected chi connectivity index (χ4v) is 2.95. The number of nitrogens with zero attached hydrogens (tertiary/aromatic N) is 1. The maximum Gasteiger partial charge on any atom is 0.251 e. The normalized spacial score (nSPS) is 11.9. The molecule has 0 saturated heterocycles. The number of rotatable bonds is 7. The van der Waals surface area contributed by atoms with Crippen molar-refractivity contribution in [3.8, 4) is 0 Å². The Balaban J connectivity index is 2.14. The zero-order chi connectivity index (χ0) is 20.0. The van der Waals surface area contributed by atoms with E-state index >= 15 is 0 Å². The van der Waals surface area contributed by atoms with Gasteiger partial charge in [0.15, 0.2) is 0 Å². The highest BCUT2D eigenvalue weighted by atomic mass is 35.5. The lowest BCUT2D eigenvalue weighted by Crippen LogP contribution is -2.51. The van der Waals surface area contributed by atoms with Gasteiger partial charge in [-0.2, -0.15) is 0 Å². The number of halogens is 2. The molecule has 1 atom stereocenters. The average molecular weight is 391 g/mol. The van der Waals surface area contributed by atoms with Gasteiger partial charge in [-0.3, -0.25) is 9.59 Å². The van der Waals surface area contributed by atoms with Gasteiger partial charge in [0.05, 0.1) is 0 Å². The van der Waals surface area contributed by atoms with Crippen molar-refractivity contribution in [2.45, 2.75) is 33.4 Å². The second-order valence-electron chi connectivity index (χ2n) is 6.68. The molecule has 0 fully saturated rings. The highest BCUT2D eigenvalue weighted by molar-refractivity contribution is 6.30. The van der Waals surface area contributed by atoms with Crippen LogP contribution in [0.1, 0.15) is 36.7 Å². The number of amides is 2. The lowest BCUT2D eigenvalue weighted by atomic mass is 10.0. The number of hydrogen-bond acceptors (Lipinski definition) is 2. The van der Waals surface area contributed by atoms with Crippen LogP contribution < -0.4 is 5.32 Å². The van der Waals surface area contributed by atoms with Crippen LogP contribution in [-0.2, 0) is 11.3 Å². The Kier molecular flexibility index (Phi) is 7.36. The molecular formula is C21H24ClFN2O2. The van der Waals surface area contributed by atoms with Crippen molar-refractivity contribution >= 4 is 23.4 Å². The van der Waals surface area contributed by atoms with Gasteiger partial charge in [-0.1, -0.05) is 37.6 Å². The average Bonchev–Trinajstić information content (AvgIpc) is 2.63. The minimum Gasteiger partial charge on any atom is -0.340 e. The van der Waals surface area contributed by atoms with Gasteiger partial charge in [0.2, 0.25) is 5.91 Å². The molecule has 0 spiro atoms. The molecule has 27 heavy (non-hydrogen) atoms. The zero-order valence-electron chi connectivity index (χ0n) is 15.7. The lowest BCUT2D eigenvalue weighted by molar-refractivity contribution is -0.134. The molecular weight excluding hydrogens is 367 g/mol. The van der Waals surface area contributed by atoms with Crippen LogP contribution in [0.4, 0.5) is 4.39 Å². The lowest BCUT2D eigenvalue weighted by Gasteiger charge is -2.29. The predicted molar refractivity (Wildman–Crippen MR) is 105 cm³/mol. The molecule has 0 saturated carbocycles. The summed E-state index contributed by atoms with van der Waals surface area (Å²) in [6.45, 7) is 6.55. The Labute approximate surface area is 164 Å². The van der Waals surface area contributed by atoms with Gasteiger partial charge >= 0.3 is 0 Å². The molecule has 0 heterocycles. The summed E-state index contributed by atoms with van der Waals surface area (Å²) in [6, 6.07) is 11.9. The van der Waals surface area contributed by atoms with Crippen LogP contribution >= 0.6 is 11.6 Å².